The monoisotopic (exact) mass is 292 g/mol. The summed E-state index contributed by atoms with van der Waals surface area (Å²) in [6, 6.07) is 12.1. The molecule has 1 aromatic carbocycles. The molecule has 0 aromatic heterocycles. The van der Waals surface area contributed by atoms with Crippen LogP contribution in [-0.2, 0) is 6.42 Å². The molecule has 0 amide bonds. The van der Waals surface area contributed by atoms with Crippen LogP contribution >= 0.6 is 11.8 Å². The Bertz CT molecular complexity index is 382. The lowest BCUT2D eigenvalue weighted by Gasteiger charge is -2.41. The highest BCUT2D eigenvalue weighted by Crippen LogP contribution is 2.17. The summed E-state index contributed by atoms with van der Waals surface area (Å²) >= 11 is 1.97. The third-order valence-electron chi connectivity index (χ3n) is 4.30. The normalized spacial score (nSPS) is 25.6. The van der Waals surface area contributed by atoms with Gasteiger partial charge in [-0.15, -0.1) is 0 Å². The number of nitrogens with one attached hydrogen (secondary N) is 1. The summed E-state index contributed by atoms with van der Waals surface area (Å²) in [5.41, 5.74) is 1.44. The minimum Gasteiger partial charge on any atom is -0.311 e. The molecule has 1 aliphatic heterocycles. The molecule has 0 spiro atoms. The maximum absolute atomic E-state index is 3.74. The maximum atomic E-state index is 3.74. The molecule has 0 aliphatic carbocycles. The average Bonchev–Trinajstić information content (AvgIpc) is 2.48. The number of hydrogen-bond donors (Lipinski definition) is 1. The molecule has 1 saturated heterocycles. The van der Waals surface area contributed by atoms with E-state index in [-0.39, 0.29) is 0 Å². The summed E-state index contributed by atoms with van der Waals surface area (Å²) < 4.78 is 0. The minimum atomic E-state index is 0.592. The van der Waals surface area contributed by atoms with Gasteiger partial charge in [0.1, 0.15) is 0 Å². The Morgan fingerprint density at radius 3 is 2.75 bits per heavy atom. The third-order valence-corrected chi connectivity index (χ3v) is 5.26. The van der Waals surface area contributed by atoms with E-state index in [4.69, 9.17) is 0 Å². The first-order valence-electron chi connectivity index (χ1n) is 7.77. The van der Waals surface area contributed by atoms with Crippen LogP contribution in [0.5, 0.6) is 0 Å². The Balaban J connectivity index is 1.93. The molecule has 3 atom stereocenters. The minimum absolute atomic E-state index is 0.592. The van der Waals surface area contributed by atoms with Crippen molar-refractivity contribution in [2.75, 3.05) is 25.9 Å². The van der Waals surface area contributed by atoms with Gasteiger partial charge in [-0.05, 0) is 24.7 Å². The van der Waals surface area contributed by atoms with Gasteiger partial charge in [0.15, 0.2) is 0 Å². The largest absolute Gasteiger partial charge is 0.311 e. The van der Waals surface area contributed by atoms with Crippen LogP contribution in [0.15, 0.2) is 30.3 Å². The van der Waals surface area contributed by atoms with Gasteiger partial charge in [-0.1, -0.05) is 44.2 Å². The SMILES string of the molecule is CCC1CNC(Cc2ccccc2)CN1CC(C)SC. The van der Waals surface area contributed by atoms with Crippen molar-refractivity contribution >= 4 is 11.8 Å². The Morgan fingerprint density at radius 1 is 1.35 bits per heavy atom. The molecule has 2 nitrogen and oxygen atoms in total. The van der Waals surface area contributed by atoms with Gasteiger partial charge in [-0.3, -0.25) is 4.90 Å². The highest BCUT2D eigenvalue weighted by molar-refractivity contribution is 7.99. The van der Waals surface area contributed by atoms with Crippen LogP contribution in [-0.4, -0.2) is 48.1 Å². The van der Waals surface area contributed by atoms with Crippen LogP contribution < -0.4 is 5.32 Å². The number of hydrogen-bond acceptors (Lipinski definition) is 3. The summed E-state index contributed by atoms with van der Waals surface area (Å²) in [4.78, 5) is 2.70. The molecule has 0 bridgehead atoms. The lowest BCUT2D eigenvalue weighted by molar-refractivity contribution is 0.128. The standard InChI is InChI=1S/C17H28N2S/c1-4-17-11-18-16(10-15-8-6-5-7-9-15)13-19(17)12-14(2)20-3/h5-9,14,16-18H,4,10-13H2,1-3H3. The predicted molar refractivity (Wildman–Crippen MR) is 90.6 cm³/mol. The van der Waals surface area contributed by atoms with E-state index in [1.165, 1.54) is 25.1 Å². The quantitative estimate of drug-likeness (QED) is 0.867. The molecule has 0 saturated carbocycles. The van der Waals surface area contributed by atoms with E-state index in [9.17, 15) is 0 Å². The van der Waals surface area contributed by atoms with Gasteiger partial charge in [0.2, 0.25) is 0 Å². The van der Waals surface area contributed by atoms with Crippen LogP contribution in [0.4, 0.5) is 0 Å². The van der Waals surface area contributed by atoms with E-state index in [1.807, 2.05) is 11.8 Å². The van der Waals surface area contributed by atoms with Crippen LogP contribution in [0, 0.1) is 0 Å². The Hall–Kier alpha value is -0.510. The molecule has 3 unspecified atom stereocenters. The van der Waals surface area contributed by atoms with Crippen molar-refractivity contribution in [1.29, 1.82) is 0 Å². The van der Waals surface area contributed by atoms with E-state index < -0.39 is 0 Å². The summed E-state index contributed by atoms with van der Waals surface area (Å²) in [6.45, 7) is 8.17. The first-order chi connectivity index (χ1) is 9.72. The van der Waals surface area contributed by atoms with Crippen LogP contribution in [0.25, 0.3) is 0 Å². The second kappa shape index (κ2) is 8.06. The molecule has 0 radical (unpaired) electrons. The van der Waals surface area contributed by atoms with Gasteiger partial charge in [0, 0.05) is 37.0 Å². The highest BCUT2D eigenvalue weighted by atomic mass is 32.2. The first-order valence-corrected chi connectivity index (χ1v) is 9.05. The van der Waals surface area contributed by atoms with E-state index >= 15 is 0 Å². The van der Waals surface area contributed by atoms with E-state index in [1.54, 1.807) is 0 Å². The van der Waals surface area contributed by atoms with Crippen molar-refractivity contribution in [1.82, 2.24) is 10.2 Å². The van der Waals surface area contributed by atoms with E-state index in [0.29, 0.717) is 12.1 Å². The molecular weight excluding hydrogens is 264 g/mol. The summed E-state index contributed by atoms with van der Waals surface area (Å²) in [6.07, 6.45) is 4.60. The molecule has 1 heterocycles. The zero-order chi connectivity index (χ0) is 14.4. The fourth-order valence-electron chi connectivity index (χ4n) is 2.99. The van der Waals surface area contributed by atoms with Crippen molar-refractivity contribution in [2.24, 2.45) is 0 Å². The highest BCUT2D eigenvalue weighted by Gasteiger charge is 2.27. The zero-order valence-corrected chi connectivity index (χ0v) is 13.8. The molecule has 2 rings (SSSR count). The van der Waals surface area contributed by atoms with Crippen molar-refractivity contribution < 1.29 is 0 Å². The van der Waals surface area contributed by atoms with Crippen molar-refractivity contribution in [3.05, 3.63) is 35.9 Å². The average molecular weight is 292 g/mol. The smallest absolute Gasteiger partial charge is 0.0236 e. The summed E-state index contributed by atoms with van der Waals surface area (Å²) in [5, 5.41) is 4.46. The van der Waals surface area contributed by atoms with Crippen molar-refractivity contribution in [2.45, 2.75) is 44.0 Å². The first kappa shape index (κ1) is 15.9. The molecule has 112 valence electrons. The number of benzene rings is 1. The van der Waals surface area contributed by atoms with Gasteiger partial charge in [0.05, 0.1) is 0 Å². The fourth-order valence-corrected chi connectivity index (χ4v) is 3.34. The summed E-state index contributed by atoms with van der Waals surface area (Å²) in [7, 11) is 0. The lowest BCUT2D eigenvalue weighted by atomic mass is 10.0. The molecule has 1 aliphatic rings. The molecular formula is C17H28N2S. The van der Waals surface area contributed by atoms with Gasteiger partial charge in [0.25, 0.3) is 0 Å². The van der Waals surface area contributed by atoms with Crippen LogP contribution in [0.2, 0.25) is 0 Å². The second-order valence-electron chi connectivity index (χ2n) is 5.86. The Morgan fingerprint density at radius 2 is 2.10 bits per heavy atom. The number of thioether (sulfide) groups is 1. The van der Waals surface area contributed by atoms with Crippen molar-refractivity contribution in [3.8, 4) is 0 Å². The maximum Gasteiger partial charge on any atom is 0.0236 e. The molecule has 1 N–H and O–H groups in total. The summed E-state index contributed by atoms with van der Waals surface area (Å²) in [5.74, 6) is 0. The third kappa shape index (κ3) is 4.51. The molecule has 3 heteroatoms. The van der Waals surface area contributed by atoms with E-state index in [2.05, 4.69) is 60.7 Å². The predicted octanol–water partition coefficient (Wildman–Crippen LogP) is 3.03. The van der Waals surface area contributed by atoms with E-state index in [0.717, 1.165) is 18.2 Å². The topological polar surface area (TPSA) is 15.3 Å². The Labute approximate surface area is 128 Å². The van der Waals surface area contributed by atoms with Gasteiger partial charge < -0.3 is 5.32 Å². The fraction of sp³-hybridized carbons (Fsp3) is 0.647. The van der Waals surface area contributed by atoms with Gasteiger partial charge >= 0.3 is 0 Å². The zero-order valence-electron chi connectivity index (χ0n) is 13.0. The molecule has 20 heavy (non-hydrogen) atoms. The Kier molecular flexibility index (Phi) is 6.40. The number of nitrogens with zero attached hydrogens (tertiary/aromatic N) is 1. The van der Waals surface area contributed by atoms with Gasteiger partial charge in [-0.2, -0.15) is 11.8 Å². The number of piperazine rings is 1. The second-order valence-corrected chi connectivity index (χ2v) is 7.13. The lowest BCUT2D eigenvalue weighted by Crippen LogP contribution is -2.57. The van der Waals surface area contributed by atoms with Crippen LogP contribution in [0.1, 0.15) is 25.8 Å². The molecule has 1 fully saturated rings. The van der Waals surface area contributed by atoms with Crippen molar-refractivity contribution in [3.63, 3.8) is 0 Å². The number of rotatable bonds is 6. The van der Waals surface area contributed by atoms with Crippen LogP contribution in [0.3, 0.4) is 0 Å². The van der Waals surface area contributed by atoms with Gasteiger partial charge in [-0.25, -0.2) is 0 Å². The molecule has 1 aromatic rings.